The summed E-state index contributed by atoms with van der Waals surface area (Å²) in [7, 11) is 0. The van der Waals surface area contributed by atoms with Crippen molar-refractivity contribution in [3.63, 3.8) is 0 Å². The lowest BCUT2D eigenvalue weighted by Crippen LogP contribution is -2.39. The van der Waals surface area contributed by atoms with Gasteiger partial charge in [-0.2, -0.15) is 0 Å². The summed E-state index contributed by atoms with van der Waals surface area (Å²) in [5.74, 6) is 1.78. The first-order chi connectivity index (χ1) is 12.2. The average Bonchev–Trinajstić information content (AvgIpc) is 3.30. The normalized spacial score (nSPS) is 30.5. The molecule has 1 N–H and O–H groups in total. The molecule has 3 fully saturated rings. The molecule has 0 spiro atoms. The fourth-order valence-electron chi connectivity index (χ4n) is 4.24. The molecule has 4 rings (SSSR count). The molecule has 1 amide bonds. The van der Waals surface area contributed by atoms with Gasteiger partial charge in [0.2, 0.25) is 5.91 Å². The first kappa shape index (κ1) is 17.0. The van der Waals surface area contributed by atoms with Crippen LogP contribution in [0.3, 0.4) is 0 Å². The van der Waals surface area contributed by atoms with Gasteiger partial charge in [0, 0.05) is 51.4 Å². The molecule has 3 saturated heterocycles. The molecule has 1 aromatic heterocycles. The SMILES string of the molecule is Cc1cc(CN2C[C@@H]3[C@@H](C(=O)NCC4CCOCC4)CO[C@@H]3C2)no1. The molecule has 0 aromatic carbocycles. The largest absolute Gasteiger partial charge is 0.381 e. The Bertz CT molecular complexity index is 599. The number of aryl methyl sites for hydroxylation is 1. The van der Waals surface area contributed by atoms with Crippen molar-refractivity contribution in [3.05, 3.63) is 17.5 Å². The Morgan fingerprint density at radius 2 is 2.20 bits per heavy atom. The molecular weight excluding hydrogens is 322 g/mol. The molecule has 25 heavy (non-hydrogen) atoms. The second-order valence-electron chi connectivity index (χ2n) is 7.57. The molecule has 4 heterocycles. The lowest BCUT2D eigenvalue weighted by molar-refractivity contribution is -0.126. The van der Waals surface area contributed by atoms with Crippen LogP contribution in [0.25, 0.3) is 0 Å². The molecule has 0 saturated carbocycles. The minimum absolute atomic E-state index is 0.0334. The van der Waals surface area contributed by atoms with Gasteiger partial charge in [-0.05, 0) is 25.7 Å². The van der Waals surface area contributed by atoms with Crippen LogP contribution in [0.2, 0.25) is 0 Å². The van der Waals surface area contributed by atoms with Gasteiger partial charge < -0.3 is 19.3 Å². The Kier molecular flexibility index (Phi) is 5.05. The second-order valence-corrected chi connectivity index (χ2v) is 7.57. The molecule has 138 valence electrons. The zero-order valence-corrected chi connectivity index (χ0v) is 14.8. The summed E-state index contributed by atoms with van der Waals surface area (Å²) in [5, 5.41) is 7.22. The Balaban J connectivity index is 1.28. The van der Waals surface area contributed by atoms with Gasteiger partial charge in [-0.15, -0.1) is 0 Å². The molecule has 3 atom stereocenters. The lowest BCUT2D eigenvalue weighted by atomic mass is 9.92. The summed E-state index contributed by atoms with van der Waals surface area (Å²) in [4.78, 5) is 14.9. The predicted molar refractivity (Wildman–Crippen MR) is 89.8 cm³/mol. The quantitative estimate of drug-likeness (QED) is 0.854. The number of carbonyl (C=O) groups is 1. The van der Waals surface area contributed by atoms with Crippen molar-refractivity contribution in [2.75, 3.05) is 39.5 Å². The van der Waals surface area contributed by atoms with E-state index in [9.17, 15) is 4.79 Å². The van der Waals surface area contributed by atoms with Gasteiger partial charge in [-0.25, -0.2) is 0 Å². The van der Waals surface area contributed by atoms with E-state index in [0.29, 0.717) is 12.5 Å². The van der Waals surface area contributed by atoms with Crippen LogP contribution in [0.4, 0.5) is 0 Å². The molecule has 0 radical (unpaired) electrons. The highest BCUT2D eigenvalue weighted by Gasteiger charge is 2.46. The molecule has 7 nitrogen and oxygen atoms in total. The smallest absolute Gasteiger partial charge is 0.225 e. The van der Waals surface area contributed by atoms with Gasteiger partial charge >= 0.3 is 0 Å². The van der Waals surface area contributed by atoms with Crippen LogP contribution in [0, 0.1) is 24.7 Å². The van der Waals surface area contributed by atoms with Crippen molar-refractivity contribution in [1.29, 1.82) is 0 Å². The summed E-state index contributed by atoms with van der Waals surface area (Å²) < 4.78 is 16.4. The minimum Gasteiger partial charge on any atom is -0.381 e. The van der Waals surface area contributed by atoms with Gasteiger partial charge in [0.15, 0.2) is 0 Å². The van der Waals surface area contributed by atoms with Crippen LogP contribution in [-0.2, 0) is 20.8 Å². The highest BCUT2D eigenvalue weighted by Crippen LogP contribution is 2.34. The summed E-state index contributed by atoms with van der Waals surface area (Å²) in [6.07, 6.45) is 2.24. The fourth-order valence-corrected chi connectivity index (χ4v) is 4.24. The van der Waals surface area contributed by atoms with Crippen molar-refractivity contribution in [2.24, 2.45) is 17.8 Å². The molecule has 0 unspecified atom stereocenters. The summed E-state index contributed by atoms with van der Waals surface area (Å²) in [5.41, 5.74) is 0.943. The molecule has 3 aliphatic rings. The van der Waals surface area contributed by atoms with E-state index in [-0.39, 0.29) is 23.8 Å². The summed E-state index contributed by atoms with van der Waals surface area (Å²) in [6.45, 7) is 7.33. The third kappa shape index (κ3) is 3.88. The van der Waals surface area contributed by atoms with Crippen molar-refractivity contribution in [1.82, 2.24) is 15.4 Å². The number of hydrogen-bond donors (Lipinski definition) is 1. The van der Waals surface area contributed by atoms with Crippen molar-refractivity contribution >= 4 is 5.91 Å². The van der Waals surface area contributed by atoms with Crippen LogP contribution in [0.15, 0.2) is 10.6 Å². The maximum atomic E-state index is 12.6. The van der Waals surface area contributed by atoms with Crippen molar-refractivity contribution in [3.8, 4) is 0 Å². The zero-order valence-electron chi connectivity index (χ0n) is 14.8. The second kappa shape index (κ2) is 7.43. The van der Waals surface area contributed by atoms with E-state index in [1.54, 1.807) is 0 Å². The van der Waals surface area contributed by atoms with E-state index in [4.69, 9.17) is 14.0 Å². The van der Waals surface area contributed by atoms with Crippen LogP contribution >= 0.6 is 0 Å². The third-order valence-electron chi connectivity index (χ3n) is 5.70. The van der Waals surface area contributed by atoms with E-state index in [0.717, 1.165) is 63.7 Å². The number of amides is 1. The molecule has 1 aromatic rings. The van der Waals surface area contributed by atoms with Gasteiger partial charge in [-0.1, -0.05) is 5.16 Å². The minimum atomic E-state index is -0.0334. The molecule has 3 aliphatic heterocycles. The number of carbonyl (C=O) groups excluding carboxylic acids is 1. The summed E-state index contributed by atoms with van der Waals surface area (Å²) in [6, 6.07) is 1.97. The molecule has 0 bridgehead atoms. The monoisotopic (exact) mass is 349 g/mol. The lowest BCUT2D eigenvalue weighted by Gasteiger charge is -2.24. The van der Waals surface area contributed by atoms with Gasteiger partial charge in [0.1, 0.15) is 5.76 Å². The van der Waals surface area contributed by atoms with E-state index in [1.807, 2.05) is 13.0 Å². The number of rotatable bonds is 5. The van der Waals surface area contributed by atoms with Crippen LogP contribution in [0.5, 0.6) is 0 Å². The van der Waals surface area contributed by atoms with Gasteiger partial charge in [0.25, 0.3) is 0 Å². The Hall–Kier alpha value is -1.44. The standard InChI is InChI=1S/C18H27N3O4/c1-12-6-14(20-25-12)8-21-9-15-16(11-24-17(15)10-21)18(22)19-7-13-2-4-23-5-3-13/h6,13,15-17H,2-5,7-11H2,1H3,(H,19,22)/t15-,16+,17-/m1/s1. The molecule has 0 aliphatic carbocycles. The van der Waals surface area contributed by atoms with E-state index >= 15 is 0 Å². The van der Waals surface area contributed by atoms with Crippen LogP contribution in [-0.4, -0.2) is 61.5 Å². The number of hydrogen-bond acceptors (Lipinski definition) is 6. The van der Waals surface area contributed by atoms with E-state index in [2.05, 4.69) is 15.4 Å². The highest BCUT2D eigenvalue weighted by molar-refractivity contribution is 5.79. The van der Waals surface area contributed by atoms with Gasteiger partial charge in [-0.3, -0.25) is 9.69 Å². The average molecular weight is 349 g/mol. The summed E-state index contributed by atoms with van der Waals surface area (Å²) >= 11 is 0. The maximum Gasteiger partial charge on any atom is 0.225 e. The molecule has 7 heteroatoms. The predicted octanol–water partition coefficient (Wildman–Crippen LogP) is 0.973. The van der Waals surface area contributed by atoms with E-state index in [1.165, 1.54) is 0 Å². The molecular formula is C18H27N3O4. The Morgan fingerprint density at radius 1 is 1.36 bits per heavy atom. The zero-order chi connectivity index (χ0) is 17.2. The van der Waals surface area contributed by atoms with Crippen molar-refractivity contribution < 1.29 is 18.8 Å². The third-order valence-corrected chi connectivity index (χ3v) is 5.70. The number of aromatic nitrogens is 1. The van der Waals surface area contributed by atoms with Crippen molar-refractivity contribution in [2.45, 2.75) is 32.4 Å². The van der Waals surface area contributed by atoms with E-state index < -0.39 is 0 Å². The first-order valence-electron chi connectivity index (χ1n) is 9.30. The number of ether oxygens (including phenoxy) is 2. The van der Waals surface area contributed by atoms with Crippen LogP contribution in [0.1, 0.15) is 24.3 Å². The van der Waals surface area contributed by atoms with Crippen LogP contribution < -0.4 is 5.32 Å². The number of fused-ring (bicyclic) bond motifs is 1. The Labute approximate surface area is 148 Å². The number of nitrogens with one attached hydrogen (secondary N) is 1. The topological polar surface area (TPSA) is 76.8 Å². The Morgan fingerprint density at radius 3 is 2.96 bits per heavy atom. The van der Waals surface area contributed by atoms with Gasteiger partial charge in [0.05, 0.1) is 24.3 Å². The fraction of sp³-hybridized carbons (Fsp3) is 0.778. The number of nitrogens with zero attached hydrogens (tertiary/aromatic N) is 2. The first-order valence-corrected chi connectivity index (χ1v) is 9.30. The number of likely N-dealkylation sites (tertiary alicyclic amines) is 1. The maximum absolute atomic E-state index is 12.6. The highest BCUT2D eigenvalue weighted by atomic mass is 16.5.